The molecule has 0 bridgehead atoms. The molecule has 0 aliphatic carbocycles. The summed E-state index contributed by atoms with van der Waals surface area (Å²) in [5.74, 6) is 1.10. The molecule has 2 nitrogen and oxygen atoms in total. The molecule has 14 heavy (non-hydrogen) atoms. The second-order valence-corrected chi connectivity index (χ2v) is 4.56. The molecule has 0 spiro atoms. The van der Waals surface area contributed by atoms with Crippen LogP contribution in [0, 0.1) is 0 Å². The third kappa shape index (κ3) is 2.88. The highest BCUT2D eigenvalue weighted by Gasteiger charge is 2.21. The van der Waals surface area contributed by atoms with E-state index in [1.165, 1.54) is 13.0 Å². The van der Waals surface area contributed by atoms with Crippen molar-refractivity contribution < 1.29 is 8.90 Å². The van der Waals surface area contributed by atoms with E-state index in [1.807, 2.05) is 6.07 Å². The second kappa shape index (κ2) is 4.65. The third-order valence-electron chi connectivity index (χ3n) is 3.40. The lowest BCUT2D eigenvalue weighted by Gasteiger charge is -2.35. The van der Waals surface area contributed by atoms with Crippen LogP contribution in [0.25, 0.3) is 0 Å². The SMILES string of the molecule is CC[N+](C)(C)C(C)CCc1ccco1. The number of rotatable bonds is 5. The second-order valence-electron chi connectivity index (χ2n) is 4.56. The van der Waals surface area contributed by atoms with Crippen LogP contribution in [0.4, 0.5) is 0 Å². The quantitative estimate of drug-likeness (QED) is 0.660. The summed E-state index contributed by atoms with van der Waals surface area (Å²) in [6, 6.07) is 4.70. The van der Waals surface area contributed by atoms with Gasteiger partial charge in [0.15, 0.2) is 0 Å². The fourth-order valence-corrected chi connectivity index (χ4v) is 1.47. The predicted octanol–water partition coefficient (Wildman–Crippen LogP) is 2.70. The highest BCUT2D eigenvalue weighted by molar-refractivity contribution is 4.98. The van der Waals surface area contributed by atoms with Crippen LogP contribution in [0.5, 0.6) is 0 Å². The van der Waals surface area contributed by atoms with E-state index in [2.05, 4.69) is 34.0 Å². The van der Waals surface area contributed by atoms with Crippen LogP contribution in [0.1, 0.15) is 26.0 Å². The number of quaternary nitrogens is 1. The number of aryl methyl sites for hydroxylation is 1. The molecule has 0 saturated carbocycles. The Morgan fingerprint density at radius 2 is 2.14 bits per heavy atom. The maximum Gasteiger partial charge on any atom is 0.103 e. The van der Waals surface area contributed by atoms with Gasteiger partial charge >= 0.3 is 0 Å². The van der Waals surface area contributed by atoms with E-state index in [0.29, 0.717) is 6.04 Å². The normalized spacial score (nSPS) is 14.3. The smallest absolute Gasteiger partial charge is 0.103 e. The average Bonchev–Trinajstić information content (AvgIpc) is 2.66. The monoisotopic (exact) mass is 196 g/mol. The van der Waals surface area contributed by atoms with Gasteiger partial charge in [-0.3, -0.25) is 0 Å². The summed E-state index contributed by atoms with van der Waals surface area (Å²) in [7, 11) is 4.57. The summed E-state index contributed by atoms with van der Waals surface area (Å²) in [5, 5.41) is 0. The van der Waals surface area contributed by atoms with Crippen molar-refractivity contribution >= 4 is 0 Å². The fraction of sp³-hybridized carbons (Fsp3) is 0.667. The van der Waals surface area contributed by atoms with Gasteiger partial charge in [0.25, 0.3) is 0 Å². The van der Waals surface area contributed by atoms with Crippen molar-refractivity contribution in [2.45, 2.75) is 32.7 Å². The Labute approximate surface area is 87.1 Å². The summed E-state index contributed by atoms with van der Waals surface area (Å²) in [6.45, 7) is 5.73. The largest absolute Gasteiger partial charge is 0.469 e. The van der Waals surface area contributed by atoms with Crippen LogP contribution in [-0.2, 0) is 6.42 Å². The summed E-state index contributed by atoms with van der Waals surface area (Å²) >= 11 is 0. The molecular formula is C12H22NO+. The predicted molar refractivity (Wildman–Crippen MR) is 59.1 cm³/mol. The molecule has 80 valence electrons. The Morgan fingerprint density at radius 1 is 1.43 bits per heavy atom. The molecule has 0 radical (unpaired) electrons. The van der Waals surface area contributed by atoms with E-state index < -0.39 is 0 Å². The third-order valence-corrected chi connectivity index (χ3v) is 3.40. The Bertz CT molecular complexity index is 251. The molecular weight excluding hydrogens is 174 g/mol. The van der Waals surface area contributed by atoms with Crippen LogP contribution in [-0.4, -0.2) is 31.2 Å². The van der Waals surface area contributed by atoms with E-state index in [-0.39, 0.29) is 0 Å². The zero-order valence-electron chi connectivity index (χ0n) is 9.79. The Kier molecular flexibility index (Phi) is 3.76. The highest BCUT2D eigenvalue weighted by Crippen LogP contribution is 2.13. The average molecular weight is 196 g/mol. The summed E-state index contributed by atoms with van der Waals surface area (Å²) in [5.41, 5.74) is 0. The van der Waals surface area contributed by atoms with Crippen LogP contribution >= 0.6 is 0 Å². The van der Waals surface area contributed by atoms with E-state index >= 15 is 0 Å². The zero-order chi connectivity index (χ0) is 10.6. The molecule has 1 aromatic rings. The van der Waals surface area contributed by atoms with E-state index in [4.69, 9.17) is 4.42 Å². The van der Waals surface area contributed by atoms with Crippen LogP contribution in [0.2, 0.25) is 0 Å². The molecule has 1 atom stereocenters. The fourth-order valence-electron chi connectivity index (χ4n) is 1.47. The van der Waals surface area contributed by atoms with Crippen LogP contribution in [0.3, 0.4) is 0 Å². The van der Waals surface area contributed by atoms with E-state index in [1.54, 1.807) is 6.26 Å². The Hall–Kier alpha value is -0.760. The summed E-state index contributed by atoms with van der Waals surface area (Å²) in [4.78, 5) is 0. The van der Waals surface area contributed by atoms with Crippen molar-refractivity contribution in [1.29, 1.82) is 0 Å². The van der Waals surface area contributed by atoms with Crippen molar-refractivity contribution in [3.8, 4) is 0 Å². The van der Waals surface area contributed by atoms with Gasteiger partial charge in [0.2, 0.25) is 0 Å². The lowest BCUT2D eigenvalue weighted by Crippen LogP contribution is -2.47. The molecule has 0 amide bonds. The first-order chi connectivity index (χ1) is 6.56. The maximum absolute atomic E-state index is 5.32. The molecule has 0 fully saturated rings. The van der Waals surface area contributed by atoms with Gasteiger partial charge in [0, 0.05) is 12.8 Å². The van der Waals surface area contributed by atoms with Gasteiger partial charge in [-0.15, -0.1) is 0 Å². The first-order valence-electron chi connectivity index (χ1n) is 5.41. The molecule has 1 heterocycles. The Morgan fingerprint density at radius 3 is 2.64 bits per heavy atom. The number of hydrogen-bond donors (Lipinski definition) is 0. The molecule has 1 unspecified atom stereocenters. The first-order valence-corrected chi connectivity index (χ1v) is 5.41. The van der Waals surface area contributed by atoms with Gasteiger partial charge in [-0.2, -0.15) is 0 Å². The van der Waals surface area contributed by atoms with Crippen molar-refractivity contribution in [3.63, 3.8) is 0 Å². The van der Waals surface area contributed by atoms with Crippen molar-refractivity contribution in [1.82, 2.24) is 0 Å². The van der Waals surface area contributed by atoms with Crippen LogP contribution < -0.4 is 0 Å². The van der Waals surface area contributed by atoms with Gasteiger partial charge in [0.1, 0.15) is 5.76 Å². The molecule has 0 saturated heterocycles. The maximum atomic E-state index is 5.32. The van der Waals surface area contributed by atoms with E-state index in [9.17, 15) is 0 Å². The summed E-state index contributed by atoms with van der Waals surface area (Å²) in [6.07, 6.45) is 3.99. The standard InChI is InChI=1S/C12H22NO/c1-5-13(3,4)11(2)8-9-12-7-6-10-14-12/h6-7,10-11H,5,8-9H2,1-4H3/q+1. The molecule has 0 aromatic carbocycles. The van der Waals surface area contributed by atoms with Crippen LogP contribution in [0.15, 0.2) is 22.8 Å². The minimum atomic E-state index is 0.685. The van der Waals surface area contributed by atoms with Gasteiger partial charge in [0.05, 0.1) is 32.9 Å². The van der Waals surface area contributed by atoms with Crippen molar-refractivity contribution in [2.24, 2.45) is 0 Å². The van der Waals surface area contributed by atoms with Gasteiger partial charge < -0.3 is 8.90 Å². The molecule has 1 aromatic heterocycles. The summed E-state index contributed by atoms with van der Waals surface area (Å²) < 4.78 is 6.41. The number of hydrogen-bond acceptors (Lipinski definition) is 1. The molecule has 1 rings (SSSR count). The van der Waals surface area contributed by atoms with Crippen molar-refractivity contribution in [3.05, 3.63) is 24.2 Å². The lowest BCUT2D eigenvalue weighted by atomic mass is 10.1. The number of nitrogens with zero attached hydrogens (tertiary/aromatic N) is 1. The van der Waals surface area contributed by atoms with Gasteiger partial charge in [-0.1, -0.05) is 0 Å². The topological polar surface area (TPSA) is 13.1 Å². The minimum Gasteiger partial charge on any atom is -0.469 e. The highest BCUT2D eigenvalue weighted by atomic mass is 16.3. The lowest BCUT2D eigenvalue weighted by molar-refractivity contribution is -0.911. The first kappa shape index (κ1) is 11.3. The Balaban J connectivity index is 2.38. The zero-order valence-corrected chi connectivity index (χ0v) is 9.79. The molecule has 0 aliphatic rings. The van der Waals surface area contributed by atoms with Crippen molar-refractivity contribution in [2.75, 3.05) is 20.6 Å². The van der Waals surface area contributed by atoms with Gasteiger partial charge in [-0.05, 0) is 26.0 Å². The number of furan rings is 1. The molecule has 0 N–H and O–H groups in total. The minimum absolute atomic E-state index is 0.685. The van der Waals surface area contributed by atoms with E-state index in [0.717, 1.165) is 16.7 Å². The molecule has 2 heteroatoms. The molecule has 0 aliphatic heterocycles. The van der Waals surface area contributed by atoms with Gasteiger partial charge in [-0.25, -0.2) is 0 Å².